The zero-order valence-electron chi connectivity index (χ0n) is 8.59. The minimum atomic E-state index is -4.35. The second kappa shape index (κ2) is 3.15. The van der Waals surface area contributed by atoms with Gasteiger partial charge in [0.25, 0.3) is 0 Å². The number of fused-ring (bicyclic) bond motifs is 2. The van der Waals surface area contributed by atoms with E-state index in [4.69, 9.17) is 0 Å². The highest BCUT2D eigenvalue weighted by atomic mass is 19.4. The Kier molecular flexibility index (Phi) is 1.96. The van der Waals surface area contributed by atoms with Crippen LogP contribution in [0.5, 0.6) is 0 Å². The number of rotatable bonds is 0. The molecule has 0 bridgehead atoms. The summed E-state index contributed by atoms with van der Waals surface area (Å²) in [5, 5.41) is 3.10. The molecular weight excluding hydrogens is 219 g/mol. The van der Waals surface area contributed by atoms with Crippen LogP contribution in [0.3, 0.4) is 0 Å². The normalized spacial score (nSPS) is 28.4. The molecule has 1 aromatic rings. The summed E-state index contributed by atoms with van der Waals surface area (Å²) in [5.74, 6) is 0.832. The maximum atomic E-state index is 12.5. The Morgan fingerprint density at radius 2 is 2.19 bits per heavy atom. The maximum absolute atomic E-state index is 12.5. The molecule has 88 valence electrons. The largest absolute Gasteiger partial charge is 0.434 e. The van der Waals surface area contributed by atoms with Gasteiger partial charge in [-0.05, 0) is 18.8 Å². The fourth-order valence-electron chi connectivity index (χ4n) is 2.67. The predicted octanol–water partition coefficient (Wildman–Crippen LogP) is 2.50. The molecule has 2 atom stereocenters. The van der Waals surface area contributed by atoms with E-state index in [0.29, 0.717) is 24.5 Å². The minimum absolute atomic E-state index is 0.316. The minimum Gasteiger partial charge on any atom is -0.353 e. The van der Waals surface area contributed by atoms with Gasteiger partial charge in [-0.15, -0.1) is 0 Å². The van der Waals surface area contributed by atoms with Crippen LogP contribution in [-0.2, 0) is 12.7 Å². The van der Waals surface area contributed by atoms with Crippen LogP contribution in [0.15, 0.2) is 6.20 Å². The van der Waals surface area contributed by atoms with E-state index in [9.17, 15) is 13.2 Å². The molecular formula is C10H12F3N3. The molecule has 2 unspecified atom stereocenters. The Morgan fingerprint density at radius 1 is 1.38 bits per heavy atom. The topological polar surface area (TPSA) is 29.9 Å². The molecule has 1 aliphatic carbocycles. The zero-order valence-corrected chi connectivity index (χ0v) is 8.59. The van der Waals surface area contributed by atoms with Gasteiger partial charge in [-0.2, -0.15) is 13.2 Å². The number of anilines is 1. The van der Waals surface area contributed by atoms with Crippen LogP contribution in [-0.4, -0.2) is 15.6 Å². The second-order valence-electron chi connectivity index (χ2n) is 4.54. The van der Waals surface area contributed by atoms with Crippen LogP contribution in [0.2, 0.25) is 0 Å². The monoisotopic (exact) mass is 231 g/mol. The van der Waals surface area contributed by atoms with Crippen molar-refractivity contribution in [1.29, 1.82) is 0 Å². The standard InChI is InChI=1S/C10H12F3N3/c11-10(12,13)8-5-16-4-6-2-1-3-7(6)14-9(16)15-8/h5-7H,1-4H2,(H,14,15). The van der Waals surface area contributed by atoms with Crippen LogP contribution in [0, 0.1) is 5.92 Å². The number of aromatic nitrogens is 2. The van der Waals surface area contributed by atoms with E-state index in [1.54, 1.807) is 4.57 Å². The van der Waals surface area contributed by atoms with E-state index in [0.717, 1.165) is 25.5 Å². The van der Waals surface area contributed by atoms with Crippen molar-refractivity contribution in [1.82, 2.24) is 9.55 Å². The van der Waals surface area contributed by atoms with Gasteiger partial charge in [0.2, 0.25) is 5.95 Å². The third-order valence-corrected chi connectivity index (χ3v) is 3.47. The molecule has 3 nitrogen and oxygen atoms in total. The van der Waals surface area contributed by atoms with Crippen molar-refractivity contribution in [3.63, 3.8) is 0 Å². The molecule has 3 rings (SSSR count). The highest BCUT2D eigenvalue weighted by Gasteiger charge is 2.38. The first-order valence-electron chi connectivity index (χ1n) is 5.45. The predicted molar refractivity (Wildman–Crippen MR) is 52.0 cm³/mol. The van der Waals surface area contributed by atoms with Gasteiger partial charge in [-0.1, -0.05) is 6.42 Å². The molecule has 6 heteroatoms. The third-order valence-electron chi connectivity index (χ3n) is 3.47. The fourth-order valence-corrected chi connectivity index (χ4v) is 2.67. The quantitative estimate of drug-likeness (QED) is 0.743. The first-order chi connectivity index (χ1) is 7.54. The van der Waals surface area contributed by atoms with Crippen LogP contribution in [0.25, 0.3) is 0 Å². The number of halogens is 3. The third kappa shape index (κ3) is 1.47. The number of hydrogen-bond acceptors (Lipinski definition) is 2. The Hall–Kier alpha value is -1.20. The van der Waals surface area contributed by atoms with Crippen molar-refractivity contribution >= 4 is 5.95 Å². The highest BCUT2D eigenvalue weighted by molar-refractivity contribution is 5.34. The summed E-state index contributed by atoms with van der Waals surface area (Å²) in [6.07, 6.45) is 0.0484. The second-order valence-corrected chi connectivity index (χ2v) is 4.54. The average molecular weight is 231 g/mol. The number of imidazole rings is 1. The molecule has 0 aromatic carbocycles. The number of nitrogens with zero attached hydrogens (tertiary/aromatic N) is 2. The summed E-state index contributed by atoms with van der Waals surface area (Å²) < 4.78 is 39.0. The highest BCUT2D eigenvalue weighted by Crippen LogP contribution is 2.36. The van der Waals surface area contributed by atoms with Crippen molar-refractivity contribution in [2.75, 3.05) is 5.32 Å². The Balaban J connectivity index is 1.92. The maximum Gasteiger partial charge on any atom is 0.434 e. The van der Waals surface area contributed by atoms with Crippen LogP contribution >= 0.6 is 0 Å². The van der Waals surface area contributed by atoms with E-state index >= 15 is 0 Å². The molecule has 1 fully saturated rings. The summed E-state index contributed by atoms with van der Waals surface area (Å²) in [5.41, 5.74) is -0.796. The summed E-state index contributed by atoms with van der Waals surface area (Å²) >= 11 is 0. The molecule has 2 heterocycles. The van der Waals surface area contributed by atoms with Crippen molar-refractivity contribution < 1.29 is 13.2 Å². The van der Waals surface area contributed by atoms with Gasteiger partial charge in [0.15, 0.2) is 5.69 Å². The van der Waals surface area contributed by atoms with Crippen molar-refractivity contribution in [3.05, 3.63) is 11.9 Å². The lowest BCUT2D eigenvalue weighted by Crippen LogP contribution is -2.33. The van der Waals surface area contributed by atoms with Gasteiger partial charge in [0.1, 0.15) is 0 Å². The van der Waals surface area contributed by atoms with E-state index in [1.165, 1.54) is 0 Å². The smallest absolute Gasteiger partial charge is 0.353 e. The van der Waals surface area contributed by atoms with E-state index in [1.807, 2.05) is 0 Å². The van der Waals surface area contributed by atoms with Crippen LogP contribution < -0.4 is 5.32 Å². The van der Waals surface area contributed by atoms with Gasteiger partial charge < -0.3 is 9.88 Å². The first-order valence-corrected chi connectivity index (χ1v) is 5.45. The molecule has 1 aromatic heterocycles. The zero-order chi connectivity index (χ0) is 11.3. The summed E-state index contributed by atoms with van der Waals surface area (Å²) in [7, 11) is 0. The van der Waals surface area contributed by atoms with Crippen molar-refractivity contribution in [3.8, 4) is 0 Å². The summed E-state index contributed by atoms with van der Waals surface area (Å²) in [6, 6.07) is 0.316. The molecule has 0 saturated heterocycles. The van der Waals surface area contributed by atoms with Gasteiger partial charge in [-0.3, -0.25) is 0 Å². The molecule has 0 radical (unpaired) electrons. The van der Waals surface area contributed by atoms with Gasteiger partial charge in [0, 0.05) is 18.8 Å². The average Bonchev–Trinajstić information content (AvgIpc) is 2.75. The number of alkyl halides is 3. The van der Waals surface area contributed by atoms with Crippen molar-refractivity contribution in [2.24, 2.45) is 5.92 Å². The van der Waals surface area contributed by atoms with Crippen LogP contribution in [0.1, 0.15) is 25.0 Å². The lowest BCUT2D eigenvalue weighted by Gasteiger charge is -2.28. The van der Waals surface area contributed by atoms with E-state index in [2.05, 4.69) is 10.3 Å². The van der Waals surface area contributed by atoms with Crippen LogP contribution in [0.4, 0.5) is 19.1 Å². The Labute approximate surface area is 90.7 Å². The number of hydrogen-bond donors (Lipinski definition) is 1. The van der Waals surface area contributed by atoms with Gasteiger partial charge >= 0.3 is 6.18 Å². The van der Waals surface area contributed by atoms with E-state index in [-0.39, 0.29) is 0 Å². The molecule has 2 aliphatic rings. The molecule has 0 amide bonds. The molecule has 1 aliphatic heterocycles. The fraction of sp³-hybridized carbons (Fsp3) is 0.700. The van der Waals surface area contributed by atoms with E-state index < -0.39 is 11.9 Å². The molecule has 1 saturated carbocycles. The van der Waals surface area contributed by atoms with Gasteiger partial charge in [-0.25, -0.2) is 4.98 Å². The molecule has 0 spiro atoms. The van der Waals surface area contributed by atoms with Gasteiger partial charge in [0.05, 0.1) is 0 Å². The molecule has 1 N–H and O–H groups in total. The number of nitrogens with one attached hydrogen (secondary N) is 1. The lowest BCUT2D eigenvalue weighted by molar-refractivity contribution is -0.140. The lowest BCUT2D eigenvalue weighted by atomic mass is 10.0. The first kappa shape index (κ1) is 9.99. The Bertz CT molecular complexity index is 380. The summed E-state index contributed by atoms with van der Waals surface area (Å²) in [4.78, 5) is 3.61. The van der Waals surface area contributed by atoms with Crippen molar-refractivity contribution in [2.45, 2.75) is 38.0 Å². The molecule has 16 heavy (non-hydrogen) atoms. The SMILES string of the molecule is FC(F)(F)c1cn2c(n1)NC1CCCC1C2. The Morgan fingerprint density at radius 3 is 2.94 bits per heavy atom. The summed E-state index contributed by atoms with van der Waals surface area (Å²) in [6.45, 7) is 0.663.